The van der Waals surface area contributed by atoms with Crippen molar-refractivity contribution in [1.29, 1.82) is 0 Å². The Morgan fingerprint density at radius 1 is 1.42 bits per heavy atom. The van der Waals surface area contributed by atoms with Crippen molar-refractivity contribution in [2.24, 2.45) is 0 Å². The minimum absolute atomic E-state index is 0.979. The molecule has 2 nitrogen and oxygen atoms in total. The SMILES string of the molecule is C=C(CNCC)CN1CCCC1. The van der Waals surface area contributed by atoms with Crippen LogP contribution in [0, 0.1) is 0 Å². The zero-order valence-electron chi connectivity index (χ0n) is 8.10. The van der Waals surface area contributed by atoms with Crippen molar-refractivity contribution < 1.29 is 0 Å². The Morgan fingerprint density at radius 3 is 2.67 bits per heavy atom. The summed E-state index contributed by atoms with van der Waals surface area (Å²) in [5.41, 5.74) is 1.32. The number of nitrogens with one attached hydrogen (secondary N) is 1. The zero-order valence-corrected chi connectivity index (χ0v) is 8.10. The molecule has 0 unspecified atom stereocenters. The van der Waals surface area contributed by atoms with Crippen LogP contribution in [0.4, 0.5) is 0 Å². The second-order valence-electron chi connectivity index (χ2n) is 3.51. The lowest BCUT2D eigenvalue weighted by Gasteiger charge is -2.16. The van der Waals surface area contributed by atoms with E-state index in [1.807, 2.05) is 0 Å². The van der Waals surface area contributed by atoms with Gasteiger partial charge in [0.15, 0.2) is 0 Å². The largest absolute Gasteiger partial charge is 0.313 e. The van der Waals surface area contributed by atoms with Gasteiger partial charge >= 0.3 is 0 Å². The first kappa shape index (κ1) is 9.75. The van der Waals surface area contributed by atoms with E-state index in [1.165, 1.54) is 31.5 Å². The highest BCUT2D eigenvalue weighted by atomic mass is 15.1. The van der Waals surface area contributed by atoms with Gasteiger partial charge < -0.3 is 5.32 Å². The topological polar surface area (TPSA) is 15.3 Å². The summed E-state index contributed by atoms with van der Waals surface area (Å²) >= 11 is 0. The minimum Gasteiger partial charge on any atom is -0.313 e. The normalized spacial score (nSPS) is 18.4. The van der Waals surface area contributed by atoms with Gasteiger partial charge in [-0.2, -0.15) is 0 Å². The van der Waals surface area contributed by atoms with E-state index in [1.54, 1.807) is 0 Å². The van der Waals surface area contributed by atoms with Gasteiger partial charge in [-0.1, -0.05) is 13.5 Å². The summed E-state index contributed by atoms with van der Waals surface area (Å²) in [6.45, 7) is 11.8. The average molecular weight is 168 g/mol. The molecular weight excluding hydrogens is 148 g/mol. The van der Waals surface area contributed by atoms with Gasteiger partial charge in [0, 0.05) is 13.1 Å². The van der Waals surface area contributed by atoms with E-state index in [0.717, 1.165) is 19.6 Å². The first-order chi connectivity index (χ1) is 5.83. The van der Waals surface area contributed by atoms with E-state index in [2.05, 4.69) is 23.7 Å². The fraction of sp³-hybridized carbons (Fsp3) is 0.800. The molecule has 0 spiro atoms. The molecule has 1 aliphatic heterocycles. The predicted molar refractivity (Wildman–Crippen MR) is 53.4 cm³/mol. The van der Waals surface area contributed by atoms with E-state index in [-0.39, 0.29) is 0 Å². The van der Waals surface area contributed by atoms with Crippen LogP contribution in [-0.4, -0.2) is 37.6 Å². The van der Waals surface area contributed by atoms with E-state index in [9.17, 15) is 0 Å². The molecule has 0 aromatic carbocycles. The highest BCUT2D eigenvalue weighted by Gasteiger charge is 2.11. The third kappa shape index (κ3) is 3.37. The molecule has 2 heteroatoms. The van der Waals surface area contributed by atoms with Crippen molar-refractivity contribution >= 4 is 0 Å². The Labute approximate surface area is 75.6 Å². The van der Waals surface area contributed by atoms with Crippen LogP contribution < -0.4 is 5.32 Å². The summed E-state index contributed by atoms with van der Waals surface area (Å²) in [6, 6.07) is 0. The van der Waals surface area contributed by atoms with Crippen molar-refractivity contribution in [1.82, 2.24) is 10.2 Å². The quantitative estimate of drug-likeness (QED) is 0.621. The molecule has 0 bridgehead atoms. The minimum atomic E-state index is 0.979. The molecule has 0 radical (unpaired) electrons. The van der Waals surface area contributed by atoms with E-state index in [0.29, 0.717) is 0 Å². The molecule has 1 saturated heterocycles. The molecule has 0 atom stereocenters. The van der Waals surface area contributed by atoms with E-state index >= 15 is 0 Å². The van der Waals surface area contributed by atoms with Crippen LogP contribution in [0.15, 0.2) is 12.2 Å². The van der Waals surface area contributed by atoms with E-state index < -0.39 is 0 Å². The van der Waals surface area contributed by atoms with Crippen LogP contribution in [0.3, 0.4) is 0 Å². The Kier molecular flexibility index (Phi) is 4.33. The lowest BCUT2D eigenvalue weighted by molar-refractivity contribution is 0.365. The maximum Gasteiger partial charge on any atom is 0.0202 e. The van der Waals surface area contributed by atoms with Gasteiger partial charge in [-0.3, -0.25) is 4.90 Å². The first-order valence-corrected chi connectivity index (χ1v) is 4.92. The second-order valence-corrected chi connectivity index (χ2v) is 3.51. The smallest absolute Gasteiger partial charge is 0.0202 e. The predicted octanol–water partition coefficient (Wildman–Crippen LogP) is 1.25. The molecule has 12 heavy (non-hydrogen) atoms. The second kappa shape index (κ2) is 5.33. The highest BCUT2D eigenvalue weighted by Crippen LogP contribution is 2.08. The molecule has 1 heterocycles. The molecule has 0 aromatic rings. The monoisotopic (exact) mass is 168 g/mol. The molecule has 1 fully saturated rings. The summed E-state index contributed by atoms with van der Waals surface area (Å²) in [6.07, 6.45) is 2.74. The number of hydrogen-bond donors (Lipinski definition) is 1. The van der Waals surface area contributed by atoms with Gasteiger partial charge in [0.1, 0.15) is 0 Å². The standard InChI is InChI=1S/C10H20N2/c1-3-11-8-10(2)9-12-6-4-5-7-12/h11H,2-9H2,1H3. The zero-order chi connectivity index (χ0) is 8.81. The summed E-state index contributed by atoms with van der Waals surface area (Å²) in [5, 5.41) is 3.30. The number of rotatable bonds is 5. The summed E-state index contributed by atoms with van der Waals surface area (Å²) < 4.78 is 0. The fourth-order valence-electron chi connectivity index (χ4n) is 1.61. The summed E-state index contributed by atoms with van der Waals surface area (Å²) in [4.78, 5) is 2.49. The Bertz CT molecular complexity index is 137. The third-order valence-corrected chi connectivity index (χ3v) is 2.27. The highest BCUT2D eigenvalue weighted by molar-refractivity contribution is 5.00. The van der Waals surface area contributed by atoms with Crippen molar-refractivity contribution in [2.75, 3.05) is 32.7 Å². The Morgan fingerprint density at radius 2 is 2.08 bits per heavy atom. The van der Waals surface area contributed by atoms with Crippen LogP contribution >= 0.6 is 0 Å². The van der Waals surface area contributed by atoms with Crippen LogP contribution in [-0.2, 0) is 0 Å². The number of nitrogens with zero attached hydrogens (tertiary/aromatic N) is 1. The van der Waals surface area contributed by atoms with Gasteiger partial charge in [0.2, 0.25) is 0 Å². The van der Waals surface area contributed by atoms with Crippen molar-refractivity contribution in [3.05, 3.63) is 12.2 Å². The average Bonchev–Trinajstić information content (AvgIpc) is 2.53. The molecule has 70 valence electrons. The molecule has 0 aromatic heterocycles. The van der Waals surface area contributed by atoms with Crippen molar-refractivity contribution in [3.63, 3.8) is 0 Å². The number of likely N-dealkylation sites (tertiary alicyclic amines) is 1. The summed E-state index contributed by atoms with van der Waals surface area (Å²) in [5.74, 6) is 0. The molecule has 0 saturated carbocycles. The molecule has 1 rings (SSSR count). The number of hydrogen-bond acceptors (Lipinski definition) is 2. The Hall–Kier alpha value is -0.340. The maximum absolute atomic E-state index is 4.05. The Balaban J connectivity index is 2.08. The van der Waals surface area contributed by atoms with Gasteiger partial charge in [-0.15, -0.1) is 0 Å². The molecular formula is C10H20N2. The molecule has 0 amide bonds. The van der Waals surface area contributed by atoms with Crippen molar-refractivity contribution in [3.8, 4) is 0 Å². The van der Waals surface area contributed by atoms with Crippen LogP contribution in [0.25, 0.3) is 0 Å². The lowest BCUT2D eigenvalue weighted by atomic mass is 10.3. The lowest BCUT2D eigenvalue weighted by Crippen LogP contribution is -2.26. The molecule has 1 N–H and O–H groups in total. The van der Waals surface area contributed by atoms with E-state index in [4.69, 9.17) is 0 Å². The van der Waals surface area contributed by atoms with Crippen LogP contribution in [0.2, 0.25) is 0 Å². The van der Waals surface area contributed by atoms with Gasteiger partial charge in [-0.05, 0) is 38.0 Å². The van der Waals surface area contributed by atoms with Crippen molar-refractivity contribution in [2.45, 2.75) is 19.8 Å². The fourth-order valence-corrected chi connectivity index (χ4v) is 1.61. The van der Waals surface area contributed by atoms with Gasteiger partial charge in [-0.25, -0.2) is 0 Å². The molecule has 0 aliphatic carbocycles. The first-order valence-electron chi connectivity index (χ1n) is 4.92. The number of likely N-dealkylation sites (N-methyl/N-ethyl adjacent to an activating group) is 1. The van der Waals surface area contributed by atoms with Crippen LogP contribution in [0.1, 0.15) is 19.8 Å². The van der Waals surface area contributed by atoms with Crippen LogP contribution in [0.5, 0.6) is 0 Å². The van der Waals surface area contributed by atoms with Gasteiger partial charge in [0.25, 0.3) is 0 Å². The van der Waals surface area contributed by atoms with Gasteiger partial charge in [0.05, 0.1) is 0 Å². The third-order valence-electron chi connectivity index (χ3n) is 2.27. The molecule has 1 aliphatic rings. The maximum atomic E-state index is 4.05. The summed E-state index contributed by atoms with van der Waals surface area (Å²) in [7, 11) is 0.